The summed E-state index contributed by atoms with van der Waals surface area (Å²) in [4.78, 5) is 39.9. The second kappa shape index (κ2) is 11.2. The second-order valence-electron chi connectivity index (χ2n) is 6.04. The Balaban J connectivity index is 1.44. The number of thioether (sulfide) groups is 1. The Morgan fingerprint density at radius 3 is 2.58 bits per heavy atom. The molecule has 11 heteroatoms. The smallest absolute Gasteiger partial charge is 0.311 e. The number of carbonyl (C=O) groups excluding carboxylic acids is 3. The molecule has 3 aromatic rings. The van der Waals surface area contributed by atoms with E-state index in [9.17, 15) is 14.4 Å². The van der Waals surface area contributed by atoms with Crippen LogP contribution in [0.25, 0.3) is 0 Å². The second-order valence-corrected chi connectivity index (χ2v) is 7.89. The van der Waals surface area contributed by atoms with Gasteiger partial charge >= 0.3 is 5.97 Å². The van der Waals surface area contributed by atoms with Gasteiger partial charge in [-0.2, -0.15) is 0 Å². The number of esters is 1. The van der Waals surface area contributed by atoms with Gasteiger partial charge in [0.05, 0.1) is 24.5 Å². The quantitative estimate of drug-likeness (QED) is 0.371. The zero-order chi connectivity index (χ0) is 22.1. The normalized spacial score (nSPS) is 10.4. The SMILES string of the molecule is CCOC(=O)Cc1csc(NC(=O)CSc2ccc(NC(=O)c3ccccc3)nn2)n1. The molecule has 0 saturated heterocycles. The number of nitrogens with one attached hydrogen (secondary N) is 2. The zero-order valence-electron chi connectivity index (χ0n) is 16.5. The Morgan fingerprint density at radius 2 is 1.87 bits per heavy atom. The van der Waals surface area contributed by atoms with Crippen molar-refractivity contribution in [1.82, 2.24) is 15.2 Å². The first-order valence-electron chi connectivity index (χ1n) is 9.26. The van der Waals surface area contributed by atoms with Gasteiger partial charge in [-0.1, -0.05) is 30.0 Å². The molecule has 0 radical (unpaired) electrons. The van der Waals surface area contributed by atoms with Gasteiger partial charge in [-0.05, 0) is 31.2 Å². The highest BCUT2D eigenvalue weighted by Crippen LogP contribution is 2.19. The summed E-state index contributed by atoms with van der Waals surface area (Å²) in [5.74, 6) is -0.467. The first kappa shape index (κ1) is 22.4. The number of rotatable bonds is 9. The van der Waals surface area contributed by atoms with Crippen LogP contribution in [0.5, 0.6) is 0 Å². The Kier molecular flexibility index (Phi) is 8.07. The van der Waals surface area contributed by atoms with Crippen LogP contribution < -0.4 is 10.6 Å². The average molecular weight is 458 g/mol. The summed E-state index contributed by atoms with van der Waals surface area (Å²) in [6, 6.07) is 12.1. The van der Waals surface area contributed by atoms with Gasteiger partial charge in [-0.25, -0.2) is 4.98 Å². The largest absolute Gasteiger partial charge is 0.466 e. The van der Waals surface area contributed by atoms with Gasteiger partial charge < -0.3 is 15.4 Å². The Hall–Kier alpha value is -3.31. The number of thiazole rings is 1. The Labute approximate surface area is 186 Å². The summed E-state index contributed by atoms with van der Waals surface area (Å²) < 4.78 is 4.87. The molecule has 0 atom stereocenters. The van der Waals surface area contributed by atoms with Crippen LogP contribution in [0.2, 0.25) is 0 Å². The third-order valence-corrected chi connectivity index (χ3v) is 5.42. The van der Waals surface area contributed by atoms with Crippen LogP contribution >= 0.6 is 23.1 Å². The van der Waals surface area contributed by atoms with E-state index in [-0.39, 0.29) is 30.0 Å². The van der Waals surface area contributed by atoms with Crippen LogP contribution in [-0.2, 0) is 20.7 Å². The van der Waals surface area contributed by atoms with Crippen LogP contribution in [0.1, 0.15) is 23.0 Å². The molecule has 0 aliphatic rings. The first-order valence-corrected chi connectivity index (χ1v) is 11.1. The van der Waals surface area contributed by atoms with Gasteiger partial charge in [0.15, 0.2) is 10.9 Å². The van der Waals surface area contributed by atoms with Crippen molar-refractivity contribution in [2.75, 3.05) is 23.0 Å². The van der Waals surface area contributed by atoms with E-state index in [1.165, 1.54) is 23.1 Å². The van der Waals surface area contributed by atoms with Crippen molar-refractivity contribution in [2.45, 2.75) is 18.4 Å². The maximum Gasteiger partial charge on any atom is 0.311 e. The molecule has 2 heterocycles. The number of amides is 2. The molecule has 2 aromatic heterocycles. The van der Waals surface area contributed by atoms with Crippen molar-refractivity contribution >= 4 is 51.8 Å². The lowest BCUT2D eigenvalue weighted by atomic mass is 10.2. The van der Waals surface area contributed by atoms with Crippen LogP contribution in [0.15, 0.2) is 52.9 Å². The minimum absolute atomic E-state index is 0.0672. The van der Waals surface area contributed by atoms with E-state index in [1.807, 2.05) is 6.07 Å². The lowest BCUT2D eigenvalue weighted by molar-refractivity contribution is -0.142. The molecule has 0 bridgehead atoms. The van der Waals surface area contributed by atoms with E-state index in [2.05, 4.69) is 25.8 Å². The molecule has 0 unspecified atom stereocenters. The highest BCUT2D eigenvalue weighted by atomic mass is 32.2. The van der Waals surface area contributed by atoms with Gasteiger partial charge in [-0.15, -0.1) is 21.5 Å². The summed E-state index contributed by atoms with van der Waals surface area (Å²) in [6.45, 7) is 2.05. The van der Waals surface area contributed by atoms with Gasteiger partial charge in [0.25, 0.3) is 5.91 Å². The van der Waals surface area contributed by atoms with E-state index < -0.39 is 0 Å². The van der Waals surface area contributed by atoms with Crippen molar-refractivity contribution in [3.8, 4) is 0 Å². The Morgan fingerprint density at radius 1 is 1.06 bits per heavy atom. The number of aromatic nitrogens is 3. The molecule has 160 valence electrons. The number of carbonyl (C=O) groups is 3. The molecule has 2 amide bonds. The molecule has 0 spiro atoms. The predicted octanol–water partition coefficient (Wildman–Crippen LogP) is 3.02. The topological polar surface area (TPSA) is 123 Å². The summed E-state index contributed by atoms with van der Waals surface area (Å²) in [5, 5.41) is 16.0. The van der Waals surface area contributed by atoms with E-state index in [4.69, 9.17) is 4.74 Å². The van der Waals surface area contributed by atoms with Crippen molar-refractivity contribution < 1.29 is 19.1 Å². The van der Waals surface area contributed by atoms with Gasteiger partial charge in [0, 0.05) is 10.9 Å². The predicted molar refractivity (Wildman–Crippen MR) is 118 cm³/mol. The molecule has 0 saturated carbocycles. The number of nitrogens with zero attached hydrogens (tertiary/aromatic N) is 3. The number of anilines is 2. The van der Waals surface area contributed by atoms with Crippen LogP contribution in [0, 0.1) is 0 Å². The van der Waals surface area contributed by atoms with Gasteiger partial charge in [0.1, 0.15) is 5.03 Å². The highest BCUT2D eigenvalue weighted by Gasteiger charge is 2.12. The minimum atomic E-state index is -0.358. The summed E-state index contributed by atoms with van der Waals surface area (Å²) in [7, 11) is 0. The van der Waals surface area contributed by atoms with Gasteiger partial charge in [0.2, 0.25) is 5.91 Å². The molecule has 31 heavy (non-hydrogen) atoms. The first-order chi connectivity index (χ1) is 15.0. The molecule has 9 nitrogen and oxygen atoms in total. The third-order valence-electron chi connectivity index (χ3n) is 3.70. The molecular formula is C20H19N5O4S2. The summed E-state index contributed by atoms with van der Waals surface area (Å²) in [5.41, 5.74) is 1.07. The van der Waals surface area contributed by atoms with Crippen LogP contribution in [0.4, 0.5) is 10.9 Å². The van der Waals surface area contributed by atoms with E-state index in [0.29, 0.717) is 33.8 Å². The zero-order valence-corrected chi connectivity index (χ0v) is 18.2. The van der Waals surface area contributed by atoms with E-state index in [0.717, 1.165) is 0 Å². The van der Waals surface area contributed by atoms with Crippen LogP contribution in [-0.4, -0.2) is 45.3 Å². The monoisotopic (exact) mass is 457 g/mol. The molecule has 1 aromatic carbocycles. The number of benzene rings is 1. The standard InChI is InChI=1S/C20H19N5O4S2/c1-2-29-18(27)10-14-11-31-20(21-14)23-16(26)12-30-17-9-8-15(24-25-17)22-19(28)13-6-4-3-5-7-13/h3-9,11H,2,10,12H2,1H3,(H,21,23,26)(H,22,24,28). The maximum atomic E-state index is 12.1. The molecular weight excluding hydrogens is 438 g/mol. The van der Waals surface area contributed by atoms with Crippen molar-refractivity contribution in [2.24, 2.45) is 0 Å². The van der Waals surface area contributed by atoms with E-state index in [1.54, 1.807) is 48.7 Å². The maximum absolute atomic E-state index is 12.1. The van der Waals surface area contributed by atoms with Crippen molar-refractivity contribution in [1.29, 1.82) is 0 Å². The number of ether oxygens (including phenoxy) is 1. The minimum Gasteiger partial charge on any atom is -0.466 e. The fourth-order valence-electron chi connectivity index (χ4n) is 2.34. The van der Waals surface area contributed by atoms with Gasteiger partial charge in [-0.3, -0.25) is 14.4 Å². The number of hydrogen-bond acceptors (Lipinski definition) is 9. The molecule has 2 N–H and O–H groups in total. The molecule has 3 rings (SSSR count). The lowest BCUT2D eigenvalue weighted by Gasteiger charge is -2.05. The fraction of sp³-hybridized carbons (Fsp3) is 0.200. The van der Waals surface area contributed by atoms with E-state index >= 15 is 0 Å². The summed E-state index contributed by atoms with van der Waals surface area (Å²) in [6.07, 6.45) is 0.0672. The molecule has 0 aliphatic carbocycles. The highest BCUT2D eigenvalue weighted by molar-refractivity contribution is 7.99. The van der Waals surface area contributed by atoms with Crippen LogP contribution in [0.3, 0.4) is 0 Å². The average Bonchev–Trinajstić information content (AvgIpc) is 3.20. The van der Waals surface area contributed by atoms with Crippen molar-refractivity contribution in [3.05, 3.63) is 59.1 Å². The third kappa shape index (κ3) is 7.15. The van der Waals surface area contributed by atoms with Crippen molar-refractivity contribution in [3.63, 3.8) is 0 Å². The molecule has 0 aliphatic heterocycles. The molecule has 0 fully saturated rings. The lowest BCUT2D eigenvalue weighted by Crippen LogP contribution is -2.15. The summed E-state index contributed by atoms with van der Waals surface area (Å²) >= 11 is 2.44. The fourth-order valence-corrected chi connectivity index (χ4v) is 3.68. The number of hydrogen-bond donors (Lipinski definition) is 2. The Bertz CT molecular complexity index is 1040.